The van der Waals surface area contributed by atoms with Gasteiger partial charge < -0.3 is 5.32 Å². The lowest BCUT2D eigenvalue weighted by Crippen LogP contribution is -2.18. The molecule has 0 saturated carbocycles. The minimum absolute atomic E-state index is 0.137. The molecule has 0 bridgehead atoms. The Morgan fingerprint density at radius 1 is 1.00 bits per heavy atom. The lowest BCUT2D eigenvalue weighted by molar-refractivity contribution is 0.265. The Kier molecular flexibility index (Phi) is 3.80. The zero-order chi connectivity index (χ0) is 16.4. The van der Waals surface area contributed by atoms with Crippen LogP contribution in [0.3, 0.4) is 0 Å². The predicted molar refractivity (Wildman–Crippen MR) is 97.2 cm³/mol. The van der Waals surface area contributed by atoms with Crippen molar-refractivity contribution in [3.05, 3.63) is 71.4 Å². The van der Waals surface area contributed by atoms with E-state index in [1.165, 1.54) is 0 Å². The maximum absolute atomic E-state index is 11.8. The van der Waals surface area contributed by atoms with E-state index in [1.807, 2.05) is 54.6 Å². The number of benzene rings is 2. The van der Waals surface area contributed by atoms with Gasteiger partial charge in [0.05, 0.1) is 21.6 Å². The predicted octanol–water partition coefficient (Wildman–Crippen LogP) is 4.16. The van der Waals surface area contributed by atoms with Gasteiger partial charge in [-0.3, -0.25) is 14.8 Å². The van der Waals surface area contributed by atoms with Gasteiger partial charge in [-0.2, -0.15) is 0 Å². The number of fused-ring (bicyclic) bond motifs is 1. The first-order valence-electron chi connectivity index (χ1n) is 7.34. The van der Waals surface area contributed by atoms with Crippen molar-refractivity contribution in [1.82, 2.24) is 15.3 Å². The molecule has 1 amide bonds. The first-order chi connectivity index (χ1) is 11.8. The minimum atomic E-state index is -0.137. The lowest BCUT2D eigenvalue weighted by Gasteiger charge is -2.02. The Hall–Kier alpha value is -2.99. The largest absolute Gasteiger partial charge is 0.300 e. The van der Waals surface area contributed by atoms with Crippen LogP contribution in [-0.4, -0.2) is 21.0 Å². The van der Waals surface area contributed by atoms with E-state index >= 15 is 0 Å². The Morgan fingerprint density at radius 2 is 1.83 bits per heavy atom. The fourth-order valence-corrected chi connectivity index (χ4v) is 3.14. The van der Waals surface area contributed by atoms with E-state index in [2.05, 4.69) is 20.3 Å². The number of aromatic nitrogens is 2. The van der Waals surface area contributed by atoms with Crippen LogP contribution in [0.4, 0.5) is 10.5 Å². The summed E-state index contributed by atoms with van der Waals surface area (Å²) in [5, 5.41) is 2.65. The van der Waals surface area contributed by atoms with Gasteiger partial charge in [0.15, 0.2) is 0 Å². The van der Waals surface area contributed by atoms with Gasteiger partial charge in [-0.25, -0.2) is 4.99 Å². The number of thioether (sulfide) groups is 1. The second-order valence-electron chi connectivity index (χ2n) is 5.09. The third kappa shape index (κ3) is 2.91. The van der Waals surface area contributed by atoms with Crippen LogP contribution in [0.15, 0.2) is 70.8 Å². The second kappa shape index (κ2) is 6.25. The average Bonchev–Trinajstić information content (AvgIpc) is 2.95. The molecular formula is C18H12N4OS. The van der Waals surface area contributed by atoms with Crippen molar-refractivity contribution >= 4 is 45.6 Å². The van der Waals surface area contributed by atoms with E-state index in [0.29, 0.717) is 5.84 Å². The molecule has 0 radical (unpaired) electrons. The van der Waals surface area contributed by atoms with Crippen LogP contribution in [0.25, 0.3) is 17.1 Å². The number of para-hydroxylation sites is 2. The summed E-state index contributed by atoms with van der Waals surface area (Å²) >= 11 is 1.13. The van der Waals surface area contributed by atoms with E-state index < -0.39 is 0 Å². The third-order valence-electron chi connectivity index (χ3n) is 3.47. The molecule has 0 atom stereocenters. The molecular weight excluding hydrogens is 320 g/mol. The zero-order valence-electron chi connectivity index (χ0n) is 12.5. The van der Waals surface area contributed by atoms with Crippen LogP contribution in [0.2, 0.25) is 0 Å². The minimum Gasteiger partial charge on any atom is -0.300 e. The van der Waals surface area contributed by atoms with E-state index in [1.54, 1.807) is 12.4 Å². The molecule has 5 nitrogen and oxygen atoms in total. The second-order valence-corrected chi connectivity index (χ2v) is 6.11. The highest BCUT2D eigenvalue weighted by Crippen LogP contribution is 2.29. The molecule has 2 heterocycles. The lowest BCUT2D eigenvalue weighted by atomic mass is 10.1. The number of amidine groups is 1. The highest BCUT2D eigenvalue weighted by Gasteiger charge is 2.23. The number of nitrogens with one attached hydrogen (secondary N) is 1. The first-order valence-corrected chi connectivity index (χ1v) is 8.16. The smallest absolute Gasteiger partial charge is 0.289 e. The van der Waals surface area contributed by atoms with Crippen molar-refractivity contribution in [1.29, 1.82) is 0 Å². The quantitative estimate of drug-likeness (QED) is 0.765. The van der Waals surface area contributed by atoms with Gasteiger partial charge in [0.2, 0.25) is 0 Å². The van der Waals surface area contributed by atoms with E-state index in [9.17, 15) is 4.79 Å². The molecule has 4 rings (SSSR count). The van der Waals surface area contributed by atoms with Crippen molar-refractivity contribution in [2.75, 3.05) is 0 Å². The number of amides is 1. The summed E-state index contributed by atoms with van der Waals surface area (Å²) in [5.41, 5.74) is 3.31. The van der Waals surface area contributed by atoms with Gasteiger partial charge in [-0.05, 0) is 36.0 Å². The standard InChI is InChI=1S/C18H12N4OS/c23-18-22-17(21-13-6-2-1-3-7-13)15(24-18)11-12-5-4-8-14-16(12)20-10-9-19-14/h1-11H,(H,21,22,23)/b15-11-. The number of carbonyl (C=O) groups is 1. The fraction of sp³-hybridized carbons (Fsp3) is 0. The summed E-state index contributed by atoms with van der Waals surface area (Å²) in [5.74, 6) is 0.553. The van der Waals surface area contributed by atoms with Gasteiger partial charge >= 0.3 is 0 Å². The summed E-state index contributed by atoms with van der Waals surface area (Å²) in [6, 6.07) is 15.3. The van der Waals surface area contributed by atoms with Gasteiger partial charge in [-0.15, -0.1) is 0 Å². The summed E-state index contributed by atoms with van der Waals surface area (Å²) in [6.45, 7) is 0. The topological polar surface area (TPSA) is 67.2 Å². The van der Waals surface area contributed by atoms with Crippen LogP contribution < -0.4 is 5.32 Å². The van der Waals surface area contributed by atoms with E-state index in [-0.39, 0.29) is 5.24 Å². The molecule has 6 heteroatoms. The molecule has 24 heavy (non-hydrogen) atoms. The van der Waals surface area contributed by atoms with Gasteiger partial charge in [0, 0.05) is 18.0 Å². The zero-order valence-corrected chi connectivity index (χ0v) is 13.3. The fourth-order valence-electron chi connectivity index (χ4n) is 2.42. The van der Waals surface area contributed by atoms with Crippen molar-refractivity contribution < 1.29 is 4.79 Å². The number of nitrogens with zero attached hydrogens (tertiary/aromatic N) is 3. The number of carbonyl (C=O) groups excluding carboxylic acids is 1. The third-order valence-corrected chi connectivity index (χ3v) is 4.29. The number of aliphatic imine (C=N–C) groups is 1. The molecule has 1 aliphatic rings. The maximum atomic E-state index is 11.8. The monoisotopic (exact) mass is 332 g/mol. The highest BCUT2D eigenvalue weighted by atomic mass is 32.2. The summed E-state index contributed by atoms with van der Waals surface area (Å²) in [4.78, 5) is 25.8. The van der Waals surface area contributed by atoms with Crippen molar-refractivity contribution in [2.24, 2.45) is 4.99 Å². The Labute approximate surface area is 142 Å². The Bertz CT molecular complexity index is 977. The van der Waals surface area contributed by atoms with E-state index in [4.69, 9.17) is 0 Å². The normalized spacial score (nSPS) is 17.6. The Balaban J connectivity index is 1.79. The molecule has 1 saturated heterocycles. The Morgan fingerprint density at radius 3 is 2.71 bits per heavy atom. The van der Waals surface area contributed by atoms with Gasteiger partial charge in [0.25, 0.3) is 5.24 Å². The SMILES string of the molecule is O=C1NC(=Nc2ccccc2)/C(=C/c2cccc3nccnc23)S1. The molecule has 1 aliphatic heterocycles. The number of hydrogen-bond donors (Lipinski definition) is 1. The van der Waals surface area contributed by atoms with Gasteiger partial charge in [0.1, 0.15) is 5.84 Å². The van der Waals surface area contributed by atoms with Crippen molar-refractivity contribution in [3.8, 4) is 0 Å². The molecule has 1 aromatic heterocycles. The summed E-state index contributed by atoms with van der Waals surface area (Å²) in [6.07, 6.45) is 5.24. The molecule has 2 aromatic carbocycles. The summed E-state index contributed by atoms with van der Waals surface area (Å²) < 4.78 is 0. The summed E-state index contributed by atoms with van der Waals surface area (Å²) in [7, 11) is 0. The molecule has 1 N–H and O–H groups in total. The van der Waals surface area contributed by atoms with Crippen molar-refractivity contribution in [3.63, 3.8) is 0 Å². The average molecular weight is 332 g/mol. The highest BCUT2D eigenvalue weighted by molar-refractivity contribution is 8.18. The molecule has 0 unspecified atom stereocenters. The first kappa shape index (κ1) is 14.6. The molecule has 0 spiro atoms. The maximum Gasteiger partial charge on any atom is 0.289 e. The molecule has 116 valence electrons. The van der Waals surface area contributed by atoms with Crippen LogP contribution >= 0.6 is 11.8 Å². The molecule has 1 fully saturated rings. The van der Waals surface area contributed by atoms with Crippen LogP contribution in [-0.2, 0) is 0 Å². The number of rotatable bonds is 2. The van der Waals surface area contributed by atoms with Crippen molar-refractivity contribution in [2.45, 2.75) is 0 Å². The van der Waals surface area contributed by atoms with Crippen LogP contribution in [0.1, 0.15) is 5.56 Å². The van der Waals surface area contributed by atoms with Crippen LogP contribution in [0, 0.1) is 0 Å². The molecule has 0 aliphatic carbocycles. The molecule has 3 aromatic rings. The number of hydrogen-bond acceptors (Lipinski definition) is 5. The van der Waals surface area contributed by atoms with E-state index in [0.717, 1.165) is 39.0 Å². The van der Waals surface area contributed by atoms with Crippen LogP contribution in [0.5, 0.6) is 0 Å². The van der Waals surface area contributed by atoms with Gasteiger partial charge in [-0.1, -0.05) is 30.3 Å².